The third-order valence-electron chi connectivity index (χ3n) is 7.19. The molecule has 31 heavy (non-hydrogen) atoms. The normalized spacial score (nSPS) is 21.8. The molecule has 1 saturated heterocycles. The zero-order chi connectivity index (χ0) is 21.5. The first-order valence-corrected chi connectivity index (χ1v) is 11.8. The summed E-state index contributed by atoms with van der Waals surface area (Å²) in [6.07, 6.45) is 8.02. The number of aromatic nitrogens is 3. The lowest BCUT2D eigenvalue weighted by Crippen LogP contribution is -2.44. The molecule has 0 spiro atoms. The van der Waals surface area contributed by atoms with Crippen LogP contribution in [0.25, 0.3) is 5.65 Å². The van der Waals surface area contributed by atoms with Crippen LogP contribution >= 0.6 is 0 Å². The summed E-state index contributed by atoms with van der Waals surface area (Å²) in [6.45, 7) is 3.76. The molecule has 0 radical (unpaired) electrons. The van der Waals surface area contributed by atoms with Crippen LogP contribution in [0.3, 0.4) is 0 Å². The van der Waals surface area contributed by atoms with Gasteiger partial charge in [0.05, 0.1) is 29.5 Å². The molecule has 8 heteroatoms. The fourth-order valence-corrected chi connectivity index (χ4v) is 5.18. The number of H-pyrrole nitrogens is 1. The Kier molecular flexibility index (Phi) is 5.32. The molecule has 3 aliphatic rings. The maximum atomic E-state index is 13.3. The molecule has 0 aromatic carbocycles. The van der Waals surface area contributed by atoms with Crippen molar-refractivity contribution >= 4 is 17.5 Å². The highest BCUT2D eigenvalue weighted by molar-refractivity contribution is 5.80. The van der Waals surface area contributed by atoms with E-state index < -0.39 is 0 Å². The van der Waals surface area contributed by atoms with E-state index in [9.17, 15) is 14.4 Å². The van der Waals surface area contributed by atoms with Gasteiger partial charge >= 0.3 is 0 Å². The van der Waals surface area contributed by atoms with Crippen molar-refractivity contribution in [2.24, 2.45) is 5.92 Å². The summed E-state index contributed by atoms with van der Waals surface area (Å²) in [5.41, 5.74) is 2.77. The molecule has 2 amide bonds. The molecule has 5 rings (SSSR count). The predicted molar refractivity (Wildman–Crippen MR) is 115 cm³/mol. The number of likely N-dealkylation sites (tertiary alicyclic amines) is 1. The Morgan fingerprint density at radius 1 is 1.16 bits per heavy atom. The summed E-state index contributed by atoms with van der Waals surface area (Å²) in [7, 11) is 0. The summed E-state index contributed by atoms with van der Waals surface area (Å²) in [6, 6.07) is 1.89. The Balaban J connectivity index is 1.45. The van der Waals surface area contributed by atoms with Crippen LogP contribution in [0.5, 0.6) is 0 Å². The van der Waals surface area contributed by atoms with Gasteiger partial charge in [-0.15, -0.1) is 0 Å². The second-order valence-electron chi connectivity index (χ2n) is 9.23. The Labute approximate surface area is 181 Å². The standard InChI is InChI=1S/C23H31N5O3/c1-2-6-21(29)27-11-4-3-9-19(27)18-13-20-24-17-10-12-26(22(30)15-7-5-8-15)14-16(17)23(31)28(20)25-18/h13,15,19,25H,2-12,14H2,1H3. The van der Waals surface area contributed by atoms with E-state index in [1.807, 2.05) is 22.8 Å². The number of hydrogen-bond donors (Lipinski definition) is 1. The van der Waals surface area contributed by atoms with E-state index >= 15 is 0 Å². The minimum Gasteiger partial charge on any atom is -0.337 e. The fraction of sp³-hybridized carbons (Fsp3) is 0.652. The Hall–Kier alpha value is -2.64. The Morgan fingerprint density at radius 3 is 2.74 bits per heavy atom. The van der Waals surface area contributed by atoms with Crippen molar-refractivity contribution < 1.29 is 9.59 Å². The van der Waals surface area contributed by atoms with E-state index in [1.165, 1.54) is 4.52 Å². The summed E-state index contributed by atoms with van der Waals surface area (Å²) in [5.74, 6) is 0.493. The monoisotopic (exact) mass is 425 g/mol. The second-order valence-corrected chi connectivity index (χ2v) is 9.23. The van der Waals surface area contributed by atoms with Gasteiger partial charge in [-0.05, 0) is 38.5 Å². The maximum Gasteiger partial charge on any atom is 0.277 e. The zero-order valence-electron chi connectivity index (χ0n) is 18.2. The minimum absolute atomic E-state index is 0.0392. The molecule has 1 N–H and O–H groups in total. The van der Waals surface area contributed by atoms with Crippen molar-refractivity contribution in [2.75, 3.05) is 13.1 Å². The van der Waals surface area contributed by atoms with Crippen LogP contribution in [-0.2, 0) is 22.6 Å². The Bertz CT molecular complexity index is 1070. The second kappa shape index (κ2) is 8.13. The number of rotatable bonds is 4. The third kappa shape index (κ3) is 3.55. The van der Waals surface area contributed by atoms with Gasteiger partial charge in [0.2, 0.25) is 11.8 Å². The molecule has 2 fully saturated rings. The van der Waals surface area contributed by atoms with Crippen LogP contribution in [0.1, 0.15) is 81.3 Å². The van der Waals surface area contributed by atoms with Crippen LogP contribution in [0.4, 0.5) is 0 Å². The highest BCUT2D eigenvalue weighted by Crippen LogP contribution is 2.32. The molecule has 1 aliphatic carbocycles. The molecule has 4 heterocycles. The molecule has 166 valence electrons. The van der Waals surface area contributed by atoms with E-state index in [4.69, 9.17) is 4.98 Å². The van der Waals surface area contributed by atoms with Gasteiger partial charge in [-0.3, -0.25) is 19.5 Å². The number of piperidine rings is 1. The van der Waals surface area contributed by atoms with Gasteiger partial charge in [-0.25, -0.2) is 9.50 Å². The molecule has 1 unspecified atom stereocenters. The topological polar surface area (TPSA) is 90.8 Å². The van der Waals surface area contributed by atoms with Gasteiger partial charge in [0.1, 0.15) is 0 Å². The quantitative estimate of drug-likeness (QED) is 0.815. The number of nitrogens with zero attached hydrogens (tertiary/aromatic N) is 4. The number of nitrogens with one attached hydrogen (secondary N) is 1. The minimum atomic E-state index is -0.125. The van der Waals surface area contributed by atoms with E-state index in [0.29, 0.717) is 37.1 Å². The number of fused-ring (bicyclic) bond motifs is 2. The first-order chi connectivity index (χ1) is 15.1. The summed E-state index contributed by atoms with van der Waals surface area (Å²) >= 11 is 0. The van der Waals surface area contributed by atoms with Crippen LogP contribution in [0.15, 0.2) is 10.9 Å². The van der Waals surface area contributed by atoms with Gasteiger partial charge in [-0.2, -0.15) is 0 Å². The van der Waals surface area contributed by atoms with Crippen molar-refractivity contribution in [3.05, 3.63) is 33.4 Å². The van der Waals surface area contributed by atoms with E-state index in [0.717, 1.165) is 62.9 Å². The van der Waals surface area contributed by atoms with Crippen molar-refractivity contribution in [2.45, 2.75) is 77.3 Å². The highest BCUT2D eigenvalue weighted by atomic mass is 16.2. The zero-order valence-corrected chi connectivity index (χ0v) is 18.2. The Morgan fingerprint density at radius 2 is 2.00 bits per heavy atom. The van der Waals surface area contributed by atoms with Gasteiger partial charge in [0, 0.05) is 37.9 Å². The van der Waals surface area contributed by atoms with E-state index in [1.54, 1.807) is 0 Å². The highest BCUT2D eigenvalue weighted by Gasteiger charge is 2.33. The van der Waals surface area contributed by atoms with E-state index in [-0.39, 0.29) is 29.3 Å². The SMILES string of the molecule is CCCC(=O)N1CCCCC1c1cc2nc3c(c(=O)n2[nH]1)CN(C(=O)C1CCC1)CC3. The van der Waals surface area contributed by atoms with Gasteiger partial charge in [-0.1, -0.05) is 13.3 Å². The lowest BCUT2D eigenvalue weighted by molar-refractivity contribution is -0.139. The largest absolute Gasteiger partial charge is 0.337 e. The number of carbonyl (C=O) groups is 2. The summed E-state index contributed by atoms with van der Waals surface area (Å²) in [5, 5.41) is 3.24. The van der Waals surface area contributed by atoms with Crippen molar-refractivity contribution in [1.29, 1.82) is 0 Å². The van der Waals surface area contributed by atoms with Crippen LogP contribution < -0.4 is 5.56 Å². The molecule has 8 nitrogen and oxygen atoms in total. The molecular formula is C23H31N5O3. The first kappa shape index (κ1) is 20.3. The maximum absolute atomic E-state index is 13.3. The van der Waals surface area contributed by atoms with Gasteiger partial charge in [0.25, 0.3) is 5.56 Å². The smallest absolute Gasteiger partial charge is 0.277 e. The number of aromatic amines is 1. The molecule has 1 atom stereocenters. The van der Waals surface area contributed by atoms with Crippen molar-refractivity contribution in [3.63, 3.8) is 0 Å². The predicted octanol–water partition coefficient (Wildman–Crippen LogP) is 2.56. The van der Waals surface area contributed by atoms with Gasteiger partial charge in [0.15, 0.2) is 5.65 Å². The molecular weight excluding hydrogens is 394 g/mol. The fourth-order valence-electron chi connectivity index (χ4n) is 5.18. The number of amides is 2. The van der Waals surface area contributed by atoms with Crippen LogP contribution in [0, 0.1) is 5.92 Å². The molecule has 2 aromatic rings. The number of carbonyl (C=O) groups excluding carboxylic acids is 2. The van der Waals surface area contributed by atoms with Crippen molar-refractivity contribution in [1.82, 2.24) is 24.4 Å². The molecule has 2 aliphatic heterocycles. The van der Waals surface area contributed by atoms with Gasteiger partial charge < -0.3 is 9.80 Å². The van der Waals surface area contributed by atoms with E-state index in [2.05, 4.69) is 5.10 Å². The lowest BCUT2D eigenvalue weighted by Gasteiger charge is -2.35. The number of hydrogen-bond acceptors (Lipinski definition) is 4. The molecule has 2 aromatic heterocycles. The molecule has 0 bridgehead atoms. The summed E-state index contributed by atoms with van der Waals surface area (Å²) in [4.78, 5) is 47.2. The average molecular weight is 426 g/mol. The molecule has 1 saturated carbocycles. The summed E-state index contributed by atoms with van der Waals surface area (Å²) < 4.78 is 1.50. The first-order valence-electron chi connectivity index (χ1n) is 11.8. The third-order valence-corrected chi connectivity index (χ3v) is 7.19. The lowest BCUT2D eigenvalue weighted by atomic mass is 9.84. The van der Waals surface area contributed by atoms with Crippen LogP contribution in [0.2, 0.25) is 0 Å². The average Bonchev–Trinajstić information content (AvgIpc) is 3.17. The van der Waals surface area contributed by atoms with Crippen molar-refractivity contribution in [3.8, 4) is 0 Å². The van der Waals surface area contributed by atoms with Crippen LogP contribution in [-0.4, -0.2) is 49.3 Å².